The molecule has 0 aliphatic rings. The number of nitrogens with zero attached hydrogens (tertiary/aromatic N) is 1. The Morgan fingerprint density at radius 1 is 1.24 bits per heavy atom. The lowest BCUT2D eigenvalue weighted by Crippen LogP contribution is -2.14. The van der Waals surface area contributed by atoms with Gasteiger partial charge in [0.05, 0.1) is 6.61 Å². The van der Waals surface area contributed by atoms with Gasteiger partial charge in [-0.3, -0.25) is 0 Å². The zero-order valence-electron chi connectivity index (χ0n) is 10.7. The van der Waals surface area contributed by atoms with Crippen molar-refractivity contribution >= 4 is 12.4 Å². The van der Waals surface area contributed by atoms with Crippen LogP contribution in [0.25, 0.3) is 0 Å². The van der Waals surface area contributed by atoms with E-state index in [2.05, 4.69) is 17.2 Å². The van der Waals surface area contributed by atoms with E-state index in [-0.39, 0.29) is 12.4 Å². The Morgan fingerprint density at radius 3 is 2.71 bits per heavy atom. The molecule has 1 aromatic heterocycles. The molecule has 1 N–H and O–H groups in total. The van der Waals surface area contributed by atoms with Crippen LogP contribution >= 0.6 is 12.4 Å². The van der Waals surface area contributed by atoms with Crippen LogP contribution in [0.4, 0.5) is 0 Å². The van der Waals surface area contributed by atoms with Crippen molar-refractivity contribution in [2.45, 2.75) is 33.1 Å². The van der Waals surface area contributed by atoms with E-state index in [9.17, 15) is 0 Å². The van der Waals surface area contributed by atoms with Crippen molar-refractivity contribution in [1.82, 2.24) is 10.3 Å². The second-order valence-corrected chi connectivity index (χ2v) is 3.94. The third kappa shape index (κ3) is 8.00. The van der Waals surface area contributed by atoms with Crippen LogP contribution in [0.1, 0.15) is 31.7 Å². The van der Waals surface area contributed by atoms with Crippen LogP contribution in [-0.4, -0.2) is 24.7 Å². The minimum Gasteiger partial charge on any atom is -0.478 e. The summed E-state index contributed by atoms with van der Waals surface area (Å²) < 4.78 is 5.54. The maximum atomic E-state index is 5.54. The van der Waals surface area contributed by atoms with Crippen molar-refractivity contribution in [3.63, 3.8) is 0 Å². The molecule has 17 heavy (non-hydrogen) atoms. The number of aromatic nitrogens is 1. The van der Waals surface area contributed by atoms with Gasteiger partial charge in [-0.1, -0.05) is 13.0 Å². The van der Waals surface area contributed by atoms with Crippen LogP contribution in [0.5, 0.6) is 5.88 Å². The lowest BCUT2D eigenvalue weighted by Gasteiger charge is -2.05. The summed E-state index contributed by atoms with van der Waals surface area (Å²) in [6.07, 6.45) is 5.36. The summed E-state index contributed by atoms with van der Waals surface area (Å²) in [5, 5.41) is 3.31. The molecule has 0 spiro atoms. The van der Waals surface area contributed by atoms with E-state index in [1.54, 1.807) is 0 Å². The molecular formula is C13H23ClN2O. The molecule has 0 amide bonds. The fourth-order valence-corrected chi connectivity index (χ4v) is 1.42. The number of rotatable bonds is 8. The zero-order valence-corrected chi connectivity index (χ0v) is 11.6. The van der Waals surface area contributed by atoms with E-state index < -0.39 is 0 Å². The molecule has 1 heterocycles. The minimum atomic E-state index is 0. The number of nitrogens with one attached hydrogen (secondary N) is 1. The number of hydrogen-bond acceptors (Lipinski definition) is 3. The largest absolute Gasteiger partial charge is 0.478 e. The van der Waals surface area contributed by atoms with Crippen LogP contribution in [0.2, 0.25) is 0 Å². The first-order valence-electron chi connectivity index (χ1n) is 6.09. The Balaban J connectivity index is 0.00000256. The number of unbranched alkanes of at least 4 members (excludes halogenated alkanes) is 2. The van der Waals surface area contributed by atoms with Gasteiger partial charge in [-0.05, 0) is 44.8 Å². The highest BCUT2D eigenvalue weighted by Gasteiger charge is 1.94. The Labute approximate surface area is 110 Å². The molecule has 0 fully saturated rings. The molecule has 4 heteroatoms. The predicted molar refractivity (Wildman–Crippen MR) is 74.1 cm³/mol. The fourth-order valence-electron chi connectivity index (χ4n) is 1.42. The van der Waals surface area contributed by atoms with E-state index in [1.165, 1.54) is 12.8 Å². The molecule has 1 aromatic rings. The SMILES string of the molecule is CCNCCCCCOc1ccc(C)cn1.Cl. The van der Waals surface area contributed by atoms with Crippen LogP contribution in [0, 0.1) is 6.92 Å². The summed E-state index contributed by atoms with van der Waals surface area (Å²) in [4.78, 5) is 4.19. The molecule has 98 valence electrons. The van der Waals surface area contributed by atoms with Crippen LogP contribution in [0.3, 0.4) is 0 Å². The monoisotopic (exact) mass is 258 g/mol. The molecule has 3 nitrogen and oxygen atoms in total. The van der Waals surface area contributed by atoms with Crippen molar-refractivity contribution in [2.24, 2.45) is 0 Å². The normalized spacial score (nSPS) is 9.76. The van der Waals surface area contributed by atoms with Gasteiger partial charge in [0.2, 0.25) is 5.88 Å². The number of hydrogen-bond donors (Lipinski definition) is 1. The van der Waals surface area contributed by atoms with E-state index in [0.717, 1.165) is 37.6 Å². The van der Waals surface area contributed by atoms with Gasteiger partial charge in [-0.2, -0.15) is 0 Å². The third-order valence-corrected chi connectivity index (χ3v) is 2.38. The van der Waals surface area contributed by atoms with Gasteiger partial charge in [0, 0.05) is 12.3 Å². The van der Waals surface area contributed by atoms with Crippen molar-refractivity contribution in [2.75, 3.05) is 19.7 Å². The Hall–Kier alpha value is -0.800. The maximum Gasteiger partial charge on any atom is 0.213 e. The average Bonchev–Trinajstić information content (AvgIpc) is 2.30. The van der Waals surface area contributed by atoms with E-state index in [1.807, 2.05) is 25.3 Å². The molecule has 0 aliphatic heterocycles. The quantitative estimate of drug-likeness (QED) is 0.728. The van der Waals surface area contributed by atoms with Crippen LogP contribution in [-0.2, 0) is 0 Å². The third-order valence-electron chi connectivity index (χ3n) is 2.38. The van der Waals surface area contributed by atoms with Crippen molar-refractivity contribution in [3.05, 3.63) is 23.9 Å². The zero-order chi connectivity index (χ0) is 11.6. The van der Waals surface area contributed by atoms with E-state index in [4.69, 9.17) is 4.74 Å². The molecule has 0 aliphatic carbocycles. The van der Waals surface area contributed by atoms with Crippen molar-refractivity contribution in [1.29, 1.82) is 0 Å². The van der Waals surface area contributed by atoms with Gasteiger partial charge in [-0.15, -0.1) is 12.4 Å². The summed E-state index contributed by atoms with van der Waals surface area (Å²) in [5.74, 6) is 0.734. The first-order chi connectivity index (χ1) is 7.83. The highest BCUT2D eigenvalue weighted by molar-refractivity contribution is 5.85. The highest BCUT2D eigenvalue weighted by Crippen LogP contribution is 2.07. The average molecular weight is 259 g/mol. The van der Waals surface area contributed by atoms with Gasteiger partial charge in [-0.25, -0.2) is 4.98 Å². The van der Waals surface area contributed by atoms with Gasteiger partial charge < -0.3 is 10.1 Å². The second kappa shape index (κ2) is 10.4. The predicted octanol–water partition coefficient (Wildman–Crippen LogP) is 2.97. The summed E-state index contributed by atoms with van der Waals surface area (Å²) in [7, 11) is 0. The van der Waals surface area contributed by atoms with Crippen molar-refractivity contribution < 1.29 is 4.74 Å². The molecular weight excluding hydrogens is 236 g/mol. The summed E-state index contributed by atoms with van der Waals surface area (Å²) >= 11 is 0. The second-order valence-electron chi connectivity index (χ2n) is 3.94. The van der Waals surface area contributed by atoms with Gasteiger partial charge in [0.15, 0.2) is 0 Å². The van der Waals surface area contributed by atoms with Crippen LogP contribution in [0.15, 0.2) is 18.3 Å². The molecule has 0 aromatic carbocycles. The topological polar surface area (TPSA) is 34.1 Å². The fraction of sp³-hybridized carbons (Fsp3) is 0.615. The molecule has 0 saturated carbocycles. The molecule has 1 rings (SSSR count). The molecule has 0 saturated heterocycles. The lowest BCUT2D eigenvalue weighted by atomic mass is 10.2. The molecule has 0 bridgehead atoms. The van der Waals surface area contributed by atoms with E-state index >= 15 is 0 Å². The number of ether oxygens (including phenoxy) is 1. The lowest BCUT2D eigenvalue weighted by molar-refractivity contribution is 0.293. The summed E-state index contributed by atoms with van der Waals surface area (Å²) in [5.41, 5.74) is 1.16. The maximum absolute atomic E-state index is 5.54. The van der Waals surface area contributed by atoms with Crippen LogP contribution < -0.4 is 10.1 Å². The Bertz CT molecular complexity index is 277. The first-order valence-corrected chi connectivity index (χ1v) is 6.09. The number of pyridine rings is 1. The standard InChI is InChI=1S/C13H22N2O.ClH/c1-3-14-9-5-4-6-10-16-13-8-7-12(2)11-15-13;/h7-8,11,14H,3-6,9-10H2,1-2H3;1H. The summed E-state index contributed by atoms with van der Waals surface area (Å²) in [6, 6.07) is 3.95. The minimum absolute atomic E-state index is 0. The van der Waals surface area contributed by atoms with Gasteiger partial charge in [0.1, 0.15) is 0 Å². The Morgan fingerprint density at radius 2 is 2.06 bits per heavy atom. The first kappa shape index (κ1) is 16.2. The smallest absolute Gasteiger partial charge is 0.213 e. The van der Waals surface area contributed by atoms with Crippen molar-refractivity contribution in [3.8, 4) is 5.88 Å². The number of aryl methyl sites for hydroxylation is 1. The van der Waals surface area contributed by atoms with Gasteiger partial charge >= 0.3 is 0 Å². The molecule has 0 atom stereocenters. The highest BCUT2D eigenvalue weighted by atomic mass is 35.5. The Kier molecular flexibility index (Phi) is 9.87. The van der Waals surface area contributed by atoms with E-state index in [0.29, 0.717) is 0 Å². The molecule has 0 unspecified atom stereocenters. The van der Waals surface area contributed by atoms with Gasteiger partial charge in [0.25, 0.3) is 0 Å². The summed E-state index contributed by atoms with van der Waals surface area (Å²) in [6.45, 7) is 7.09. The molecule has 0 radical (unpaired) electrons. The number of halogens is 1.